The molecule has 0 fully saturated rings. The Labute approximate surface area is 323 Å². The standard InChI is InChI=1S/C46H88O6/c1-6-7-8-9-10-11-13-17-20-26-31-36-44(47)50-39-43(40-51-45(48)37-32-27-23-22-25-30-35-42(4)5)52-46(49)38-33-28-21-18-15-12-14-16-19-24-29-34-41(2)3/h41-43H,6-40H2,1-5H3/t43-/m1/s1. The van der Waals surface area contributed by atoms with E-state index in [0.717, 1.165) is 69.6 Å². The van der Waals surface area contributed by atoms with Gasteiger partial charge in [0.05, 0.1) is 0 Å². The Balaban J connectivity index is 4.32. The molecule has 0 saturated carbocycles. The van der Waals surface area contributed by atoms with Gasteiger partial charge in [0.1, 0.15) is 13.2 Å². The molecule has 0 aliphatic rings. The highest BCUT2D eigenvalue weighted by Gasteiger charge is 2.19. The number of carbonyl (C=O) groups excluding carboxylic acids is 3. The summed E-state index contributed by atoms with van der Waals surface area (Å²) in [5.41, 5.74) is 0. The molecule has 0 aliphatic heterocycles. The van der Waals surface area contributed by atoms with Crippen LogP contribution in [0.1, 0.15) is 247 Å². The summed E-state index contributed by atoms with van der Waals surface area (Å²) in [7, 11) is 0. The molecule has 0 unspecified atom stereocenters. The van der Waals surface area contributed by atoms with Crippen LogP contribution < -0.4 is 0 Å². The van der Waals surface area contributed by atoms with Gasteiger partial charge in [0.15, 0.2) is 6.10 Å². The van der Waals surface area contributed by atoms with Gasteiger partial charge in [-0.25, -0.2) is 0 Å². The lowest BCUT2D eigenvalue weighted by Gasteiger charge is -2.18. The fourth-order valence-corrected chi connectivity index (χ4v) is 6.75. The first-order valence-corrected chi connectivity index (χ1v) is 22.7. The first kappa shape index (κ1) is 50.4. The van der Waals surface area contributed by atoms with Gasteiger partial charge in [0, 0.05) is 19.3 Å². The molecule has 0 bridgehead atoms. The van der Waals surface area contributed by atoms with Crippen molar-refractivity contribution in [2.75, 3.05) is 13.2 Å². The smallest absolute Gasteiger partial charge is 0.306 e. The Morgan fingerprint density at radius 2 is 0.635 bits per heavy atom. The summed E-state index contributed by atoms with van der Waals surface area (Å²) in [5, 5.41) is 0. The van der Waals surface area contributed by atoms with Gasteiger partial charge >= 0.3 is 17.9 Å². The third-order valence-electron chi connectivity index (χ3n) is 10.2. The fourth-order valence-electron chi connectivity index (χ4n) is 6.75. The van der Waals surface area contributed by atoms with E-state index in [0.29, 0.717) is 19.3 Å². The molecule has 6 heteroatoms. The maximum Gasteiger partial charge on any atom is 0.306 e. The number of unbranched alkanes of at least 4 members (excludes halogenated alkanes) is 25. The highest BCUT2D eigenvalue weighted by Crippen LogP contribution is 2.16. The minimum Gasteiger partial charge on any atom is -0.462 e. The normalized spacial score (nSPS) is 12.1. The van der Waals surface area contributed by atoms with Crippen LogP contribution in [0.2, 0.25) is 0 Å². The number of esters is 3. The molecular weight excluding hydrogens is 648 g/mol. The van der Waals surface area contributed by atoms with E-state index in [1.54, 1.807) is 0 Å². The zero-order valence-corrected chi connectivity index (χ0v) is 35.4. The molecule has 0 saturated heterocycles. The summed E-state index contributed by atoms with van der Waals surface area (Å²) in [6.45, 7) is 11.3. The molecule has 0 N–H and O–H groups in total. The average molecular weight is 737 g/mol. The Hall–Kier alpha value is -1.59. The molecular formula is C46H88O6. The summed E-state index contributed by atoms with van der Waals surface area (Å²) in [4.78, 5) is 37.6. The molecule has 1 atom stereocenters. The van der Waals surface area contributed by atoms with Crippen molar-refractivity contribution in [3.05, 3.63) is 0 Å². The second-order valence-electron chi connectivity index (χ2n) is 16.6. The van der Waals surface area contributed by atoms with E-state index in [1.165, 1.54) is 135 Å². The number of carbonyl (C=O) groups is 3. The van der Waals surface area contributed by atoms with Gasteiger partial charge < -0.3 is 14.2 Å². The van der Waals surface area contributed by atoms with Crippen LogP contribution in [0, 0.1) is 11.8 Å². The second-order valence-corrected chi connectivity index (χ2v) is 16.6. The van der Waals surface area contributed by atoms with E-state index in [1.807, 2.05) is 0 Å². The molecule has 6 nitrogen and oxygen atoms in total. The maximum atomic E-state index is 12.7. The van der Waals surface area contributed by atoms with Gasteiger partial charge in [0.2, 0.25) is 0 Å². The van der Waals surface area contributed by atoms with E-state index in [9.17, 15) is 14.4 Å². The van der Waals surface area contributed by atoms with Crippen LogP contribution in [-0.2, 0) is 28.6 Å². The van der Waals surface area contributed by atoms with Crippen molar-refractivity contribution in [3.63, 3.8) is 0 Å². The van der Waals surface area contributed by atoms with Gasteiger partial charge in [-0.05, 0) is 31.1 Å². The van der Waals surface area contributed by atoms with Gasteiger partial charge in [-0.3, -0.25) is 14.4 Å². The Bertz CT molecular complexity index is 794. The monoisotopic (exact) mass is 737 g/mol. The molecule has 0 aromatic carbocycles. The quantitative estimate of drug-likeness (QED) is 0.0354. The van der Waals surface area contributed by atoms with E-state index in [4.69, 9.17) is 14.2 Å². The van der Waals surface area contributed by atoms with E-state index in [-0.39, 0.29) is 31.1 Å². The first-order chi connectivity index (χ1) is 25.2. The van der Waals surface area contributed by atoms with Crippen LogP contribution in [0.15, 0.2) is 0 Å². The lowest BCUT2D eigenvalue weighted by molar-refractivity contribution is -0.167. The zero-order valence-electron chi connectivity index (χ0n) is 35.4. The largest absolute Gasteiger partial charge is 0.462 e. The molecule has 0 aromatic heterocycles. The number of rotatable bonds is 40. The molecule has 0 heterocycles. The summed E-state index contributed by atoms with van der Waals surface area (Å²) in [5.74, 6) is 0.726. The molecule has 0 spiro atoms. The van der Waals surface area contributed by atoms with Crippen LogP contribution >= 0.6 is 0 Å². The molecule has 0 aliphatic carbocycles. The number of hydrogen-bond donors (Lipinski definition) is 0. The van der Waals surface area contributed by atoms with Crippen molar-refractivity contribution >= 4 is 17.9 Å². The third kappa shape index (κ3) is 39.6. The highest BCUT2D eigenvalue weighted by atomic mass is 16.6. The van der Waals surface area contributed by atoms with Gasteiger partial charge in [-0.2, -0.15) is 0 Å². The highest BCUT2D eigenvalue weighted by molar-refractivity contribution is 5.71. The SMILES string of the molecule is CCCCCCCCCCCCCC(=O)OC[C@H](COC(=O)CCCCCCCCC(C)C)OC(=O)CCCCCCCCCCCCCC(C)C. The lowest BCUT2D eigenvalue weighted by Crippen LogP contribution is -2.30. The van der Waals surface area contributed by atoms with Crippen molar-refractivity contribution in [1.82, 2.24) is 0 Å². The van der Waals surface area contributed by atoms with E-state index >= 15 is 0 Å². The van der Waals surface area contributed by atoms with Crippen LogP contribution in [0.25, 0.3) is 0 Å². The van der Waals surface area contributed by atoms with Crippen LogP contribution in [0.3, 0.4) is 0 Å². The minimum absolute atomic E-state index is 0.0655. The Morgan fingerprint density at radius 3 is 0.942 bits per heavy atom. The van der Waals surface area contributed by atoms with E-state index in [2.05, 4.69) is 34.6 Å². The molecule has 0 amide bonds. The van der Waals surface area contributed by atoms with Gasteiger partial charge in [-0.1, -0.05) is 208 Å². The second kappa shape index (κ2) is 39.1. The van der Waals surface area contributed by atoms with Crippen LogP contribution in [0.4, 0.5) is 0 Å². The third-order valence-corrected chi connectivity index (χ3v) is 10.2. The van der Waals surface area contributed by atoms with Crippen molar-refractivity contribution in [1.29, 1.82) is 0 Å². The zero-order chi connectivity index (χ0) is 38.3. The van der Waals surface area contributed by atoms with Crippen molar-refractivity contribution in [2.45, 2.75) is 253 Å². The molecule has 0 aromatic rings. The maximum absolute atomic E-state index is 12.7. The number of hydrogen-bond acceptors (Lipinski definition) is 6. The Kier molecular flexibility index (Phi) is 37.9. The van der Waals surface area contributed by atoms with Gasteiger partial charge in [0.25, 0.3) is 0 Å². The topological polar surface area (TPSA) is 78.9 Å². The van der Waals surface area contributed by atoms with Crippen molar-refractivity contribution in [3.8, 4) is 0 Å². The fraction of sp³-hybridized carbons (Fsp3) is 0.935. The summed E-state index contributed by atoms with van der Waals surface area (Å²) in [6.07, 6.45) is 36.7. The molecule has 0 rings (SSSR count). The first-order valence-electron chi connectivity index (χ1n) is 22.7. The molecule has 0 radical (unpaired) electrons. The lowest BCUT2D eigenvalue weighted by atomic mass is 10.0. The molecule has 52 heavy (non-hydrogen) atoms. The van der Waals surface area contributed by atoms with Crippen molar-refractivity contribution < 1.29 is 28.6 Å². The summed E-state index contributed by atoms with van der Waals surface area (Å²) >= 11 is 0. The Morgan fingerprint density at radius 1 is 0.365 bits per heavy atom. The van der Waals surface area contributed by atoms with Crippen LogP contribution in [0.5, 0.6) is 0 Å². The predicted octanol–water partition coefficient (Wildman–Crippen LogP) is 14.2. The van der Waals surface area contributed by atoms with E-state index < -0.39 is 6.10 Å². The number of ether oxygens (including phenoxy) is 3. The van der Waals surface area contributed by atoms with Crippen molar-refractivity contribution in [2.24, 2.45) is 11.8 Å². The average Bonchev–Trinajstić information content (AvgIpc) is 3.11. The summed E-state index contributed by atoms with van der Waals surface area (Å²) in [6, 6.07) is 0. The van der Waals surface area contributed by atoms with Crippen LogP contribution in [-0.4, -0.2) is 37.2 Å². The van der Waals surface area contributed by atoms with Gasteiger partial charge in [-0.15, -0.1) is 0 Å². The molecule has 308 valence electrons. The minimum atomic E-state index is -0.760. The predicted molar refractivity (Wildman–Crippen MR) is 220 cm³/mol. The summed E-state index contributed by atoms with van der Waals surface area (Å²) < 4.78 is 16.7.